The largest absolute Gasteiger partial charge is 0.480 e. The number of hydrogen-bond donors (Lipinski definition) is 9. The predicted molar refractivity (Wildman–Crippen MR) is 109 cm³/mol. The summed E-state index contributed by atoms with van der Waals surface area (Å²) in [5, 5.41) is 24.9. The summed E-state index contributed by atoms with van der Waals surface area (Å²) in [7, 11) is 0. The smallest absolute Gasteiger partial charge is 0.326 e. The minimum atomic E-state index is -1.57. The number of unbranched alkanes of at least 4 members (excludes halogenated alkanes) is 1. The van der Waals surface area contributed by atoms with Gasteiger partial charge >= 0.3 is 5.97 Å². The molecule has 0 spiro atoms. The maximum absolute atomic E-state index is 12.6. The average Bonchev–Trinajstić information content (AvgIpc) is 2.69. The number of carbonyl (C=O) groups excluding carboxylic acids is 4. The molecule has 0 aliphatic heterocycles. The quantitative estimate of drug-likeness (QED) is 0.0866. The molecule has 13 nitrogen and oxygen atoms in total. The number of primary amides is 1. The Hall–Kier alpha value is -2.42. The Kier molecular flexibility index (Phi) is 13.4. The Morgan fingerprint density at radius 3 is 1.90 bits per heavy atom. The highest BCUT2D eigenvalue weighted by atomic mass is 32.1. The van der Waals surface area contributed by atoms with E-state index in [1.807, 2.05) is 0 Å². The number of aliphatic hydroxyl groups is 1. The summed E-state index contributed by atoms with van der Waals surface area (Å²) in [4.78, 5) is 58.9. The molecule has 4 atom stereocenters. The first-order valence-corrected chi connectivity index (χ1v) is 9.80. The molecule has 4 amide bonds. The lowest BCUT2D eigenvalue weighted by Crippen LogP contribution is -2.58. The summed E-state index contributed by atoms with van der Waals surface area (Å²) in [6.45, 7) is -0.252. The zero-order valence-corrected chi connectivity index (χ0v) is 17.3. The van der Waals surface area contributed by atoms with Crippen molar-refractivity contribution in [1.82, 2.24) is 16.0 Å². The van der Waals surface area contributed by atoms with Gasteiger partial charge in [-0.1, -0.05) is 0 Å². The van der Waals surface area contributed by atoms with Gasteiger partial charge in [0.25, 0.3) is 0 Å². The number of aliphatic carboxylic acids is 1. The van der Waals surface area contributed by atoms with Crippen LogP contribution in [0.5, 0.6) is 0 Å². The number of rotatable bonds is 15. The summed E-state index contributed by atoms with van der Waals surface area (Å²) in [6.07, 6.45) is 0.620. The summed E-state index contributed by atoms with van der Waals surface area (Å²) in [5.74, 6) is -4.99. The van der Waals surface area contributed by atoms with Crippen molar-refractivity contribution in [3.05, 3.63) is 0 Å². The lowest BCUT2D eigenvalue weighted by atomic mass is 10.1. The molecule has 0 aromatic rings. The van der Waals surface area contributed by atoms with Crippen LogP contribution >= 0.6 is 12.6 Å². The zero-order valence-electron chi connectivity index (χ0n) is 16.4. The molecule has 0 rings (SSSR count). The fourth-order valence-electron chi connectivity index (χ4n) is 2.26. The first kappa shape index (κ1) is 27.6. The Bertz CT molecular complexity index is 621. The van der Waals surface area contributed by atoms with E-state index in [-0.39, 0.29) is 12.2 Å². The van der Waals surface area contributed by atoms with Crippen LogP contribution in [0, 0.1) is 0 Å². The Morgan fingerprint density at radius 2 is 1.43 bits per heavy atom. The molecule has 172 valence electrons. The van der Waals surface area contributed by atoms with E-state index < -0.39 is 66.8 Å². The maximum Gasteiger partial charge on any atom is 0.326 e. The number of carbonyl (C=O) groups is 5. The van der Waals surface area contributed by atoms with Crippen molar-refractivity contribution >= 4 is 42.2 Å². The van der Waals surface area contributed by atoms with Crippen molar-refractivity contribution in [3.8, 4) is 0 Å². The molecule has 0 heterocycles. The van der Waals surface area contributed by atoms with Gasteiger partial charge in [0.2, 0.25) is 23.6 Å². The second kappa shape index (κ2) is 14.5. The molecule has 0 radical (unpaired) electrons. The topological polar surface area (TPSA) is 240 Å². The van der Waals surface area contributed by atoms with E-state index in [0.717, 1.165) is 0 Å². The van der Waals surface area contributed by atoms with E-state index in [0.29, 0.717) is 19.4 Å². The molecule has 0 aromatic heterocycles. The third-order valence-corrected chi connectivity index (χ3v) is 4.31. The Morgan fingerprint density at radius 1 is 0.900 bits per heavy atom. The minimum absolute atomic E-state index is 0.188. The van der Waals surface area contributed by atoms with Gasteiger partial charge in [-0.05, 0) is 25.8 Å². The van der Waals surface area contributed by atoms with Crippen molar-refractivity contribution < 1.29 is 34.2 Å². The molecule has 14 heteroatoms. The van der Waals surface area contributed by atoms with E-state index in [1.165, 1.54) is 0 Å². The van der Waals surface area contributed by atoms with Crippen molar-refractivity contribution in [2.45, 2.75) is 49.9 Å². The van der Waals surface area contributed by atoms with Crippen LogP contribution in [0.3, 0.4) is 0 Å². The van der Waals surface area contributed by atoms with Crippen LogP contribution in [0.15, 0.2) is 0 Å². The molecule has 0 saturated heterocycles. The molecule has 0 aromatic carbocycles. The van der Waals surface area contributed by atoms with Gasteiger partial charge in [-0.3, -0.25) is 19.2 Å². The number of carboxylic acids is 1. The first-order chi connectivity index (χ1) is 14.1. The van der Waals surface area contributed by atoms with E-state index >= 15 is 0 Å². The summed E-state index contributed by atoms with van der Waals surface area (Å²) in [5.41, 5.74) is 15.8. The van der Waals surface area contributed by atoms with Crippen LogP contribution in [-0.2, 0) is 24.0 Å². The first-order valence-electron chi connectivity index (χ1n) is 9.16. The van der Waals surface area contributed by atoms with Crippen LogP contribution in [0.25, 0.3) is 0 Å². The number of thiol groups is 1. The van der Waals surface area contributed by atoms with Gasteiger partial charge < -0.3 is 43.4 Å². The minimum Gasteiger partial charge on any atom is -0.480 e. The molecule has 11 N–H and O–H groups in total. The molecule has 30 heavy (non-hydrogen) atoms. The third kappa shape index (κ3) is 10.4. The third-order valence-electron chi connectivity index (χ3n) is 3.95. The fraction of sp³-hybridized carbons (Fsp3) is 0.688. The average molecular weight is 451 g/mol. The predicted octanol–water partition coefficient (Wildman–Crippen LogP) is -4.22. The normalized spacial score (nSPS) is 14.7. The number of carboxylic acid groups (broad SMARTS) is 1. The van der Waals surface area contributed by atoms with Gasteiger partial charge in [0.15, 0.2) is 0 Å². The summed E-state index contributed by atoms with van der Waals surface area (Å²) < 4.78 is 0. The lowest BCUT2D eigenvalue weighted by Gasteiger charge is -2.24. The number of hydrogen-bond acceptors (Lipinski definition) is 9. The van der Waals surface area contributed by atoms with Gasteiger partial charge in [-0.15, -0.1) is 0 Å². The summed E-state index contributed by atoms with van der Waals surface area (Å²) in [6, 6.07) is -5.13. The van der Waals surface area contributed by atoms with Crippen molar-refractivity contribution in [3.63, 3.8) is 0 Å². The molecule has 0 aliphatic rings. The molecule has 0 saturated carbocycles. The lowest BCUT2D eigenvalue weighted by molar-refractivity contribution is -0.143. The Labute approximate surface area is 178 Å². The van der Waals surface area contributed by atoms with Gasteiger partial charge in [0, 0.05) is 5.75 Å². The Balaban J connectivity index is 5.19. The number of amides is 4. The van der Waals surface area contributed by atoms with Crippen LogP contribution in [0.2, 0.25) is 0 Å². The van der Waals surface area contributed by atoms with Crippen LogP contribution in [0.4, 0.5) is 0 Å². The monoisotopic (exact) mass is 450 g/mol. The number of nitrogens with two attached hydrogens (primary N) is 3. The second-order valence-electron chi connectivity index (χ2n) is 6.45. The van der Waals surface area contributed by atoms with Crippen molar-refractivity contribution in [1.29, 1.82) is 0 Å². The SMILES string of the molecule is NCCCCC(NC(=O)C(N)CO)C(=O)NC(CS)C(=O)NC(CC(N)=O)C(=O)O. The highest BCUT2D eigenvalue weighted by Gasteiger charge is 2.30. The molecule has 0 fully saturated rings. The zero-order chi connectivity index (χ0) is 23.3. The van der Waals surface area contributed by atoms with Gasteiger partial charge in [0.05, 0.1) is 13.0 Å². The molecular formula is C16H30N6O7S. The molecule has 0 aliphatic carbocycles. The van der Waals surface area contributed by atoms with Crippen LogP contribution in [0.1, 0.15) is 25.7 Å². The number of nitrogens with one attached hydrogen (secondary N) is 3. The summed E-state index contributed by atoms with van der Waals surface area (Å²) >= 11 is 3.97. The van der Waals surface area contributed by atoms with E-state index in [9.17, 15) is 24.0 Å². The van der Waals surface area contributed by atoms with E-state index in [1.54, 1.807) is 0 Å². The van der Waals surface area contributed by atoms with Gasteiger partial charge in [-0.25, -0.2) is 4.79 Å². The van der Waals surface area contributed by atoms with E-state index in [2.05, 4.69) is 28.6 Å². The fourth-order valence-corrected chi connectivity index (χ4v) is 2.52. The standard InChI is InChI=1S/C16H30N6O7S/c17-4-2-1-3-9(20-13(25)8(18)6-23)14(26)22-11(7-30)15(27)21-10(16(28)29)5-12(19)24/h8-11,23,30H,1-7,17-18H2,(H2,19,24)(H,20,25)(H,21,27)(H,22,26)(H,28,29). The molecule has 0 bridgehead atoms. The van der Waals surface area contributed by atoms with Crippen LogP contribution < -0.4 is 33.2 Å². The maximum atomic E-state index is 12.6. The van der Waals surface area contributed by atoms with Gasteiger partial charge in [0.1, 0.15) is 24.2 Å². The number of aliphatic hydroxyl groups excluding tert-OH is 1. The molecular weight excluding hydrogens is 420 g/mol. The van der Waals surface area contributed by atoms with Crippen LogP contribution in [-0.4, -0.2) is 82.9 Å². The highest BCUT2D eigenvalue weighted by Crippen LogP contribution is 2.03. The van der Waals surface area contributed by atoms with Crippen molar-refractivity contribution in [2.75, 3.05) is 18.9 Å². The highest BCUT2D eigenvalue weighted by molar-refractivity contribution is 7.80. The van der Waals surface area contributed by atoms with Gasteiger partial charge in [-0.2, -0.15) is 12.6 Å². The van der Waals surface area contributed by atoms with E-state index in [4.69, 9.17) is 27.4 Å². The molecule has 4 unspecified atom stereocenters. The second-order valence-corrected chi connectivity index (χ2v) is 6.81. The van der Waals surface area contributed by atoms with Crippen molar-refractivity contribution in [2.24, 2.45) is 17.2 Å².